The summed E-state index contributed by atoms with van der Waals surface area (Å²) in [5, 5.41) is 18.6. The van der Waals surface area contributed by atoms with E-state index in [-0.39, 0.29) is 38.0 Å². The van der Waals surface area contributed by atoms with Crippen LogP contribution in [0.25, 0.3) is 11.0 Å². The largest absolute Gasteiger partial charge is 0.389 e. The highest BCUT2D eigenvalue weighted by Gasteiger charge is 2.39. The molecule has 3 N–H and O–H groups in total. The number of nitriles is 1. The van der Waals surface area contributed by atoms with Crippen LogP contribution in [0.1, 0.15) is 91.4 Å². The van der Waals surface area contributed by atoms with Gasteiger partial charge in [-0.05, 0) is 50.3 Å². The van der Waals surface area contributed by atoms with Crippen LogP contribution in [-0.4, -0.2) is 43.7 Å². The van der Waals surface area contributed by atoms with Crippen molar-refractivity contribution in [1.29, 1.82) is 5.26 Å². The molecule has 4 rings (SSSR count). The molecule has 14 heteroatoms. The van der Waals surface area contributed by atoms with Crippen LogP contribution < -0.4 is 10.6 Å². The van der Waals surface area contributed by atoms with Crippen LogP contribution in [0.2, 0.25) is 0 Å². The van der Waals surface area contributed by atoms with E-state index >= 15 is 0 Å². The summed E-state index contributed by atoms with van der Waals surface area (Å²) in [4.78, 5) is 33.2. The second-order valence-electron chi connectivity index (χ2n) is 10.7. The Morgan fingerprint density at radius 3 is 2.62 bits per heavy atom. The number of aryl methyl sites for hydroxylation is 1. The van der Waals surface area contributed by atoms with Crippen LogP contribution in [0.3, 0.4) is 0 Å². The van der Waals surface area contributed by atoms with E-state index in [2.05, 4.69) is 25.7 Å². The molecular formula is C28H32F5N7O2. The van der Waals surface area contributed by atoms with Crippen molar-refractivity contribution in [3.05, 3.63) is 47.0 Å². The van der Waals surface area contributed by atoms with Gasteiger partial charge in [-0.1, -0.05) is 6.07 Å². The molecule has 0 radical (unpaired) electrons. The van der Waals surface area contributed by atoms with E-state index in [1.54, 1.807) is 36.7 Å². The fraction of sp³-hybridized carbons (Fsp3) is 0.536. The average Bonchev–Trinajstić information content (AvgIpc) is 3.51. The van der Waals surface area contributed by atoms with Crippen molar-refractivity contribution in [2.24, 2.45) is 5.92 Å². The van der Waals surface area contributed by atoms with E-state index in [9.17, 15) is 31.5 Å². The lowest BCUT2D eigenvalue weighted by Crippen LogP contribution is -2.37. The number of rotatable bonds is 10. The number of nitrogens with zero attached hydrogens (tertiary/aromatic N) is 4. The molecule has 42 heavy (non-hydrogen) atoms. The third-order valence-corrected chi connectivity index (χ3v) is 7.63. The zero-order chi connectivity index (χ0) is 30.7. The van der Waals surface area contributed by atoms with Gasteiger partial charge in [-0.2, -0.15) is 23.5 Å². The summed E-state index contributed by atoms with van der Waals surface area (Å²) in [6, 6.07) is 5.81. The second-order valence-corrected chi connectivity index (χ2v) is 10.7. The van der Waals surface area contributed by atoms with Crippen LogP contribution in [0, 0.1) is 24.2 Å². The first-order chi connectivity index (χ1) is 19.8. The Morgan fingerprint density at radius 2 is 1.95 bits per heavy atom. The van der Waals surface area contributed by atoms with Gasteiger partial charge in [0.2, 0.25) is 11.8 Å². The Labute approximate surface area is 238 Å². The van der Waals surface area contributed by atoms with Crippen molar-refractivity contribution in [2.75, 3.05) is 0 Å². The van der Waals surface area contributed by atoms with Gasteiger partial charge < -0.3 is 15.6 Å². The molecule has 0 bridgehead atoms. The minimum atomic E-state index is -4.43. The highest BCUT2D eigenvalue weighted by molar-refractivity contribution is 5.95. The van der Waals surface area contributed by atoms with Gasteiger partial charge in [0.1, 0.15) is 5.82 Å². The van der Waals surface area contributed by atoms with E-state index in [1.807, 2.05) is 6.07 Å². The number of amides is 2. The molecule has 1 saturated carbocycles. The van der Waals surface area contributed by atoms with Gasteiger partial charge in [0.15, 0.2) is 0 Å². The number of carbonyl (C=O) groups is 2. The van der Waals surface area contributed by atoms with Gasteiger partial charge in [0, 0.05) is 25.0 Å². The predicted molar refractivity (Wildman–Crippen MR) is 142 cm³/mol. The standard InChI is InChI=1S/C28H32F5N7O2/c1-16(36-23(41)8-11-28(31,32)33)19-4-5-21-22(14-19)38-25(37-21)24(18-6-9-27(29,30)10-7-18)39-26(42)20-15-35-40(17(20)2)13-3-12-34/h4-5,14-16,18,24H,3,6-11,13H2,1-2H3,(H,36,41)(H,37,38)(H,39,42)/t16-,24+/m1/s1. The molecule has 2 atom stereocenters. The first-order valence-corrected chi connectivity index (χ1v) is 13.7. The van der Waals surface area contributed by atoms with Crippen LogP contribution in [-0.2, 0) is 11.3 Å². The second kappa shape index (κ2) is 12.5. The first kappa shape index (κ1) is 30.9. The van der Waals surface area contributed by atoms with Gasteiger partial charge in [-0.15, -0.1) is 0 Å². The normalized spacial score (nSPS) is 17.0. The maximum atomic E-state index is 14.0. The maximum absolute atomic E-state index is 14.0. The van der Waals surface area contributed by atoms with Crippen LogP contribution in [0.5, 0.6) is 0 Å². The van der Waals surface area contributed by atoms with Gasteiger partial charge in [0.05, 0.1) is 60.3 Å². The molecule has 2 amide bonds. The number of imidazole rings is 1. The van der Waals surface area contributed by atoms with Crippen LogP contribution in [0.15, 0.2) is 24.4 Å². The number of halogens is 5. The molecule has 1 aliphatic rings. The monoisotopic (exact) mass is 593 g/mol. The summed E-state index contributed by atoms with van der Waals surface area (Å²) in [7, 11) is 0. The summed E-state index contributed by atoms with van der Waals surface area (Å²) in [5.41, 5.74) is 2.58. The van der Waals surface area contributed by atoms with Crippen molar-refractivity contribution >= 4 is 22.8 Å². The number of H-pyrrole nitrogens is 1. The molecule has 2 aromatic heterocycles. The quantitative estimate of drug-likeness (QED) is 0.256. The highest BCUT2D eigenvalue weighted by atomic mass is 19.4. The lowest BCUT2D eigenvalue weighted by atomic mass is 9.81. The van der Waals surface area contributed by atoms with E-state index < -0.39 is 48.8 Å². The van der Waals surface area contributed by atoms with Crippen LogP contribution in [0.4, 0.5) is 22.0 Å². The fourth-order valence-electron chi connectivity index (χ4n) is 5.19. The molecule has 9 nitrogen and oxygen atoms in total. The summed E-state index contributed by atoms with van der Waals surface area (Å²) < 4.78 is 66.9. The molecule has 226 valence electrons. The minimum Gasteiger partial charge on any atom is -0.350 e. The van der Waals surface area contributed by atoms with E-state index in [4.69, 9.17) is 5.26 Å². The third-order valence-electron chi connectivity index (χ3n) is 7.63. The fourth-order valence-corrected chi connectivity index (χ4v) is 5.19. The predicted octanol–water partition coefficient (Wildman–Crippen LogP) is 5.80. The Bertz CT molecular complexity index is 1460. The molecule has 1 aliphatic carbocycles. The Hall–Kier alpha value is -4.02. The highest BCUT2D eigenvalue weighted by Crippen LogP contribution is 2.41. The number of alkyl halides is 5. The lowest BCUT2D eigenvalue weighted by Gasteiger charge is -2.33. The molecule has 1 aromatic carbocycles. The number of nitrogens with one attached hydrogen (secondary N) is 3. The first-order valence-electron chi connectivity index (χ1n) is 13.7. The minimum absolute atomic E-state index is 0.168. The summed E-state index contributed by atoms with van der Waals surface area (Å²) in [6.45, 7) is 3.68. The third kappa shape index (κ3) is 7.63. The Morgan fingerprint density at radius 1 is 1.24 bits per heavy atom. The lowest BCUT2D eigenvalue weighted by molar-refractivity contribution is -0.144. The zero-order valence-electron chi connectivity index (χ0n) is 23.2. The van der Waals surface area contributed by atoms with Crippen molar-refractivity contribution in [3.63, 3.8) is 0 Å². The van der Waals surface area contributed by atoms with E-state index in [0.717, 1.165) is 0 Å². The molecule has 0 saturated heterocycles. The van der Waals surface area contributed by atoms with E-state index in [0.29, 0.717) is 40.2 Å². The number of hydrogen-bond acceptors (Lipinski definition) is 5. The summed E-state index contributed by atoms with van der Waals surface area (Å²) in [6.07, 6.45) is -4.98. The Balaban J connectivity index is 1.56. The molecule has 0 unspecified atom stereocenters. The van der Waals surface area contributed by atoms with E-state index in [1.165, 1.54) is 6.20 Å². The molecular weight excluding hydrogens is 561 g/mol. The topological polar surface area (TPSA) is 128 Å². The smallest absolute Gasteiger partial charge is 0.350 e. The molecule has 3 aromatic rings. The number of fused-ring (bicyclic) bond motifs is 1. The van der Waals surface area contributed by atoms with Crippen LogP contribution >= 0.6 is 0 Å². The van der Waals surface area contributed by atoms with Crippen molar-refractivity contribution in [2.45, 2.75) is 89.5 Å². The van der Waals surface area contributed by atoms with Gasteiger partial charge in [0.25, 0.3) is 5.91 Å². The number of benzene rings is 1. The average molecular weight is 594 g/mol. The number of hydrogen-bond donors (Lipinski definition) is 3. The molecule has 1 fully saturated rings. The molecule has 0 spiro atoms. The number of aromatic nitrogens is 4. The maximum Gasteiger partial charge on any atom is 0.389 e. The van der Waals surface area contributed by atoms with Crippen molar-refractivity contribution in [3.8, 4) is 6.07 Å². The van der Waals surface area contributed by atoms with Crippen molar-refractivity contribution in [1.82, 2.24) is 30.4 Å². The van der Waals surface area contributed by atoms with Gasteiger partial charge >= 0.3 is 6.18 Å². The number of aromatic amines is 1. The summed E-state index contributed by atoms with van der Waals surface area (Å²) in [5.74, 6) is -3.90. The number of carbonyl (C=O) groups excluding carboxylic acids is 2. The summed E-state index contributed by atoms with van der Waals surface area (Å²) >= 11 is 0. The van der Waals surface area contributed by atoms with Gasteiger partial charge in [-0.3, -0.25) is 14.3 Å². The SMILES string of the molecule is Cc1c(C(=O)N[C@H](c2nc3ccc([C@@H](C)NC(=O)CCC(F)(F)F)cc3[nH]2)C2CCC(F)(F)CC2)cnn1CCC#N. The van der Waals surface area contributed by atoms with Gasteiger partial charge in [-0.25, -0.2) is 13.8 Å². The Kier molecular flexibility index (Phi) is 9.18. The molecule has 2 heterocycles. The zero-order valence-corrected chi connectivity index (χ0v) is 23.2. The van der Waals surface area contributed by atoms with Crippen molar-refractivity contribution < 1.29 is 31.5 Å². The molecule has 0 aliphatic heterocycles.